The molecule has 1 aliphatic carbocycles. The van der Waals surface area contributed by atoms with Crippen LogP contribution in [0.15, 0.2) is 29.2 Å². The van der Waals surface area contributed by atoms with Crippen molar-refractivity contribution in [1.82, 2.24) is 10.2 Å². The van der Waals surface area contributed by atoms with Crippen LogP contribution in [0.2, 0.25) is 0 Å². The number of thioether (sulfide) groups is 1. The van der Waals surface area contributed by atoms with Crippen molar-refractivity contribution in [3.05, 3.63) is 29.3 Å². The van der Waals surface area contributed by atoms with Crippen LogP contribution in [0.3, 0.4) is 0 Å². The molecule has 1 aromatic heterocycles. The topological polar surface area (TPSA) is 84.0 Å². The molecule has 2 aromatic rings. The number of para-hydroxylation sites is 1. The molecule has 1 aliphatic heterocycles. The molecule has 23 heavy (non-hydrogen) atoms. The van der Waals surface area contributed by atoms with Gasteiger partial charge in [0.15, 0.2) is 4.75 Å². The summed E-state index contributed by atoms with van der Waals surface area (Å²) in [6.45, 7) is 1.63. The standard InChI is InChI=1S/C15H14N4O2S2/c1-15(12(20)16-9-4-2-3-5-10(9)23-15)13(21)17-14-19-18-11(22-14)8-6-7-8/h2-5,8H,6-7H2,1H3,(H,16,20)(H,17,19,21). The maximum absolute atomic E-state index is 12.7. The fourth-order valence-corrected chi connectivity index (χ4v) is 4.32. The molecule has 0 saturated heterocycles. The summed E-state index contributed by atoms with van der Waals surface area (Å²) in [5, 5.41) is 15.1. The van der Waals surface area contributed by atoms with Gasteiger partial charge in [-0.15, -0.1) is 10.2 Å². The number of fused-ring (bicyclic) bond motifs is 1. The summed E-state index contributed by atoms with van der Waals surface area (Å²) in [4.78, 5) is 25.9. The van der Waals surface area contributed by atoms with Crippen molar-refractivity contribution in [3.63, 3.8) is 0 Å². The fourth-order valence-electron chi connectivity index (χ4n) is 2.31. The van der Waals surface area contributed by atoms with E-state index in [1.165, 1.54) is 23.1 Å². The van der Waals surface area contributed by atoms with Gasteiger partial charge in [0, 0.05) is 10.8 Å². The number of rotatable bonds is 3. The van der Waals surface area contributed by atoms with Crippen LogP contribution in [0.25, 0.3) is 0 Å². The highest BCUT2D eigenvalue weighted by Crippen LogP contribution is 2.44. The van der Waals surface area contributed by atoms with Gasteiger partial charge in [-0.2, -0.15) is 0 Å². The molecule has 6 nitrogen and oxygen atoms in total. The average molecular weight is 346 g/mol. The molecule has 1 fully saturated rings. The van der Waals surface area contributed by atoms with Gasteiger partial charge in [0.05, 0.1) is 5.69 Å². The predicted molar refractivity (Wildman–Crippen MR) is 89.8 cm³/mol. The zero-order chi connectivity index (χ0) is 16.0. The number of aromatic nitrogens is 2. The minimum absolute atomic E-state index is 0.328. The number of benzene rings is 1. The third-order valence-corrected chi connectivity index (χ3v) is 6.26. The average Bonchev–Trinajstić information content (AvgIpc) is 3.28. The van der Waals surface area contributed by atoms with Gasteiger partial charge in [-0.3, -0.25) is 14.9 Å². The molecule has 1 saturated carbocycles. The van der Waals surface area contributed by atoms with Gasteiger partial charge in [-0.1, -0.05) is 35.2 Å². The number of carbonyl (C=O) groups is 2. The molecule has 0 bridgehead atoms. The fraction of sp³-hybridized carbons (Fsp3) is 0.333. The first-order chi connectivity index (χ1) is 11.1. The summed E-state index contributed by atoms with van der Waals surface area (Å²) < 4.78 is -1.24. The second-order valence-electron chi connectivity index (χ2n) is 5.76. The van der Waals surface area contributed by atoms with E-state index < -0.39 is 4.75 Å². The normalized spacial score (nSPS) is 23.1. The van der Waals surface area contributed by atoms with Crippen LogP contribution in [0, 0.1) is 0 Å². The first-order valence-corrected chi connectivity index (χ1v) is 8.94. The van der Waals surface area contributed by atoms with Crippen LogP contribution in [-0.2, 0) is 9.59 Å². The van der Waals surface area contributed by atoms with Gasteiger partial charge in [-0.25, -0.2) is 0 Å². The lowest BCUT2D eigenvalue weighted by molar-refractivity contribution is -0.126. The molecule has 2 N–H and O–H groups in total. The van der Waals surface area contributed by atoms with Crippen molar-refractivity contribution in [3.8, 4) is 0 Å². The zero-order valence-corrected chi connectivity index (χ0v) is 14.0. The van der Waals surface area contributed by atoms with E-state index in [9.17, 15) is 9.59 Å². The van der Waals surface area contributed by atoms with Crippen LogP contribution < -0.4 is 10.6 Å². The third-order valence-electron chi connectivity index (χ3n) is 3.90. The Hall–Kier alpha value is -1.93. The largest absolute Gasteiger partial charge is 0.323 e. The Bertz CT molecular complexity index is 802. The van der Waals surface area contributed by atoms with Gasteiger partial charge in [0.2, 0.25) is 11.0 Å². The van der Waals surface area contributed by atoms with Gasteiger partial charge < -0.3 is 5.32 Å². The maximum Gasteiger partial charge on any atom is 0.252 e. The second-order valence-corrected chi connectivity index (χ2v) is 8.23. The number of amides is 2. The minimum atomic E-state index is -1.24. The van der Waals surface area contributed by atoms with E-state index in [1.54, 1.807) is 6.92 Å². The number of hydrogen-bond donors (Lipinski definition) is 2. The molecule has 1 unspecified atom stereocenters. The smallest absolute Gasteiger partial charge is 0.252 e. The highest BCUT2D eigenvalue weighted by molar-refractivity contribution is 8.02. The SMILES string of the molecule is CC1(C(=O)Nc2nnc(C3CC3)s2)Sc2ccccc2NC1=O. The van der Waals surface area contributed by atoms with E-state index in [2.05, 4.69) is 20.8 Å². The van der Waals surface area contributed by atoms with E-state index in [4.69, 9.17) is 0 Å². The molecule has 2 amide bonds. The van der Waals surface area contributed by atoms with E-state index >= 15 is 0 Å². The van der Waals surface area contributed by atoms with Crippen molar-refractivity contribution >= 4 is 45.7 Å². The Morgan fingerprint density at radius 1 is 1.35 bits per heavy atom. The van der Waals surface area contributed by atoms with Crippen LogP contribution in [0.5, 0.6) is 0 Å². The Morgan fingerprint density at radius 2 is 2.13 bits per heavy atom. The van der Waals surface area contributed by atoms with Gasteiger partial charge in [0.1, 0.15) is 5.01 Å². The summed E-state index contributed by atoms with van der Waals surface area (Å²) >= 11 is 2.64. The number of hydrogen-bond acceptors (Lipinski definition) is 6. The first kappa shape index (κ1) is 14.6. The summed E-state index contributed by atoms with van der Waals surface area (Å²) in [5.74, 6) is -0.216. The molecule has 1 aromatic carbocycles. The van der Waals surface area contributed by atoms with E-state index in [-0.39, 0.29) is 11.8 Å². The van der Waals surface area contributed by atoms with Gasteiger partial charge >= 0.3 is 0 Å². The quantitative estimate of drug-likeness (QED) is 0.835. The first-order valence-electron chi connectivity index (χ1n) is 7.30. The Balaban J connectivity index is 1.55. The number of nitrogens with zero attached hydrogens (tertiary/aromatic N) is 2. The van der Waals surface area contributed by atoms with Crippen molar-refractivity contribution < 1.29 is 9.59 Å². The summed E-state index contributed by atoms with van der Waals surface area (Å²) in [6.07, 6.45) is 2.27. The molecule has 4 rings (SSSR count). The molecule has 118 valence electrons. The lowest BCUT2D eigenvalue weighted by atomic mass is 10.1. The van der Waals surface area contributed by atoms with Gasteiger partial charge in [-0.05, 0) is 31.9 Å². The molecular formula is C15H14N4O2S2. The highest BCUT2D eigenvalue weighted by atomic mass is 32.2. The van der Waals surface area contributed by atoms with Crippen LogP contribution in [0.4, 0.5) is 10.8 Å². The lowest BCUT2D eigenvalue weighted by Crippen LogP contribution is -2.49. The molecule has 2 heterocycles. The molecule has 0 spiro atoms. The summed E-state index contributed by atoms with van der Waals surface area (Å²) in [5.41, 5.74) is 0.736. The number of nitrogens with one attached hydrogen (secondary N) is 2. The third kappa shape index (κ3) is 2.61. The molecule has 2 aliphatic rings. The van der Waals surface area contributed by atoms with E-state index in [0.717, 1.165) is 28.4 Å². The van der Waals surface area contributed by atoms with Crippen LogP contribution in [0.1, 0.15) is 30.7 Å². The number of carbonyl (C=O) groups excluding carboxylic acids is 2. The van der Waals surface area contributed by atoms with Gasteiger partial charge in [0.25, 0.3) is 5.91 Å². The van der Waals surface area contributed by atoms with Crippen molar-refractivity contribution in [2.75, 3.05) is 10.6 Å². The summed E-state index contributed by atoms with van der Waals surface area (Å²) in [6, 6.07) is 7.45. The predicted octanol–water partition coefficient (Wildman–Crippen LogP) is 2.86. The maximum atomic E-state index is 12.7. The number of anilines is 2. The van der Waals surface area contributed by atoms with Crippen molar-refractivity contribution in [1.29, 1.82) is 0 Å². The van der Waals surface area contributed by atoms with E-state index in [1.807, 2.05) is 24.3 Å². The lowest BCUT2D eigenvalue weighted by Gasteiger charge is -2.31. The molecule has 8 heteroatoms. The Labute approximate surface area is 141 Å². The Morgan fingerprint density at radius 3 is 2.91 bits per heavy atom. The minimum Gasteiger partial charge on any atom is -0.323 e. The van der Waals surface area contributed by atoms with Crippen molar-refractivity contribution in [2.24, 2.45) is 0 Å². The summed E-state index contributed by atoms with van der Waals surface area (Å²) in [7, 11) is 0. The zero-order valence-electron chi connectivity index (χ0n) is 12.3. The second kappa shape index (κ2) is 5.31. The van der Waals surface area contributed by atoms with Crippen molar-refractivity contribution in [2.45, 2.75) is 35.3 Å². The Kier molecular flexibility index (Phi) is 3.38. The highest BCUT2D eigenvalue weighted by Gasteiger charge is 2.46. The molecule has 1 atom stereocenters. The van der Waals surface area contributed by atoms with Crippen LogP contribution in [-0.4, -0.2) is 26.8 Å². The molecular weight excluding hydrogens is 332 g/mol. The van der Waals surface area contributed by atoms with E-state index in [0.29, 0.717) is 11.0 Å². The van der Waals surface area contributed by atoms with Crippen LogP contribution >= 0.6 is 23.1 Å². The molecule has 0 radical (unpaired) electrons. The monoisotopic (exact) mass is 346 g/mol.